The van der Waals surface area contributed by atoms with Gasteiger partial charge in [-0.3, -0.25) is 33.7 Å². The number of rotatable bonds is 6. The Kier molecular flexibility index (Phi) is 14.5. The van der Waals surface area contributed by atoms with Crippen molar-refractivity contribution in [2.75, 3.05) is 38.7 Å². The monoisotopic (exact) mass is 1020 g/mol. The van der Waals surface area contributed by atoms with Gasteiger partial charge in [0.05, 0.1) is 47.4 Å². The molecule has 2 aromatic carbocycles. The number of Topliss-reactive ketones (excluding diaryl/α,β-unsaturated/α-hetero) is 1. The Morgan fingerprint density at radius 3 is 2.36 bits per heavy atom. The quantitative estimate of drug-likeness (QED) is 0.102. The summed E-state index contributed by atoms with van der Waals surface area (Å²) in [5.41, 5.74) is -1.30. The lowest BCUT2D eigenvalue weighted by atomic mass is 9.78. The van der Waals surface area contributed by atoms with E-state index in [1.807, 2.05) is 0 Å². The molecule has 5 aliphatic rings. The van der Waals surface area contributed by atoms with E-state index in [-0.39, 0.29) is 113 Å². The number of esters is 1. The van der Waals surface area contributed by atoms with E-state index in [9.17, 15) is 49.7 Å². The summed E-state index contributed by atoms with van der Waals surface area (Å²) in [5, 5.41) is 61.1. The van der Waals surface area contributed by atoms with Crippen molar-refractivity contribution >= 4 is 45.8 Å². The number of carbonyl (C=O) groups excluding carboxylic acids is 4. The number of anilines is 1. The number of nitro groups is 1. The number of amides is 2. The lowest BCUT2D eigenvalue weighted by Crippen LogP contribution is -2.46. The first kappa shape index (κ1) is 52.4. The molecule has 3 aromatic rings. The van der Waals surface area contributed by atoms with E-state index in [0.717, 1.165) is 0 Å². The number of aliphatic hydroxyl groups is 2. The van der Waals surface area contributed by atoms with Crippen molar-refractivity contribution in [3.63, 3.8) is 0 Å². The molecule has 10 atom stereocenters. The Morgan fingerprint density at radius 1 is 0.986 bits per heavy atom. The highest BCUT2D eigenvalue weighted by atomic mass is 16.7. The number of benzene rings is 2. The fourth-order valence-electron chi connectivity index (χ4n) is 10.2. The number of imidazole rings is 1. The van der Waals surface area contributed by atoms with E-state index in [1.165, 1.54) is 64.0 Å². The number of allylic oxidation sites excluding steroid dienone is 2. The number of piperidine rings is 1. The summed E-state index contributed by atoms with van der Waals surface area (Å²) in [7, 11) is 1.43. The highest BCUT2D eigenvalue weighted by molar-refractivity contribution is 6.19. The number of aromatic hydroxyl groups is 2. The molecule has 0 radical (unpaired) electrons. The third-order valence-corrected chi connectivity index (χ3v) is 14.7. The van der Waals surface area contributed by atoms with Crippen LogP contribution in [0.15, 0.2) is 52.3 Å². The number of ether oxygens (including phenoxy) is 6. The lowest BCUT2D eigenvalue weighted by Gasteiger charge is -2.38. The summed E-state index contributed by atoms with van der Waals surface area (Å²) in [6.45, 7) is 12.7. The number of nitrogens with one attached hydrogen (secondary N) is 1. The number of aromatic nitrogens is 2. The van der Waals surface area contributed by atoms with Gasteiger partial charge in [-0.05, 0) is 24.8 Å². The van der Waals surface area contributed by atoms with E-state index in [1.54, 1.807) is 44.7 Å². The number of carbonyl (C=O) groups is 4. The molecule has 0 saturated carbocycles. The zero-order chi connectivity index (χ0) is 53.0. The van der Waals surface area contributed by atoms with Gasteiger partial charge in [0.1, 0.15) is 54.2 Å². The summed E-state index contributed by atoms with van der Waals surface area (Å²) in [4.78, 5) is 81.0. The van der Waals surface area contributed by atoms with Crippen molar-refractivity contribution in [2.24, 2.45) is 33.7 Å². The number of hydrogen-bond donors (Lipinski definition) is 5. The first-order valence-corrected chi connectivity index (χ1v) is 24.1. The minimum atomic E-state index is -2.06. The van der Waals surface area contributed by atoms with Crippen LogP contribution in [0.5, 0.6) is 23.3 Å². The largest absolute Gasteiger partial charge is 0.507 e. The molecule has 5 N–H and O–H groups in total. The number of nitrogens with zero attached hydrogens (tertiary/aromatic N) is 6. The number of phenolic OH excluding ortho intramolecular Hbond substituents is 2. The predicted octanol–water partition coefficient (Wildman–Crippen LogP) is 3.20. The topological polar surface area (TPSA) is 306 Å². The first-order valence-electron chi connectivity index (χ1n) is 24.1. The van der Waals surface area contributed by atoms with Crippen molar-refractivity contribution in [3.05, 3.63) is 74.3 Å². The summed E-state index contributed by atoms with van der Waals surface area (Å²) >= 11 is 0. The van der Waals surface area contributed by atoms with Gasteiger partial charge in [0.25, 0.3) is 11.7 Å². The van der Waals surface area contributed by atoms with Crippen LogP contribution in [-0.2, 0) is 39.9 Å². The van der Waals surface area contributed by atoms with Crippen molar-refractivity contribution in [2.45, 2.75) is 117 Å². The molecule has 1 fully saturated rings. The predicted molar refractivity (Wildman–Crippen MR) is 257 cm³/mol. The van der Waals surface area contributed by atoms with E-state index in [0.29, 0.717) is 0 Å². The van der Waals surface area contributed by atoms with Crippen molar-refractivity contribution in [3.8, 4) is 23.3 Å². The molecular formula is C50H61N7O16. The molecule has 73 heavy (non-hydrogen) atoms. The fourth-order valence-corrected chi connectivity index (χ4v) is 10.2. The zero-order valence-electron chi connectivity index (χ0n) is 42.0. The fraction of sp³-hybridized carbons (Fsp3) is 0.540. The summed E-state index contributed by atoms with van der Waals surface area (Å²) in [5.74, 6) is -8.47. The van der Waals surface area contributed by atoms with Crippen LogP contribution in [0.3, 0.4) is 0 Å². The van der Waals surface area contributed by atoms with Gasteiger partial charge >= 0.3 is 23.6 Å². The van der Waals surface area contributed by atoms with Gasteiger partial charge in [0, 0.05) is 92.1 Å². The molecule has 2 amide bonds. The van der Waals surface area contributed by atoms with Crippen LogP contribution in [0.25, 0.3) is 10.8 Å². The van der Waals surface area contributed by atoms with Gasteiger partial charge in [0.15, 0.2) is 11.4 Å². The third-order valence-electron chi connectivity index (χ3n) is 14.7. The normalized spacial score (nSPS) is 30.6. The van der Waals surface area contributed by atoms with E-state index in [4.69, 9.17) is 38.4 Å². The Morgan fingerprint density at radius 2 is 1.68 bits per heavy atom. The summed E-state index contributed by atoms with van der Waals surface area (Å²) in [6, 6.07) is 0.0812. The van der Waals surface area contributed by atoms with Crippen LogP contribution in [0.4, 0.5) is 11.5 Å². The second-order valence-electron chi connectivity index (χ2n) is 19.7. The maximum atomic E-state index is 14.9. The number of hydrogen-bond acceptors (Lipinski definition) is 19. The van der Waals surface area contributed by atoms with Crippen LogP contribution in [0, 0.1) is 40.7 Å². The number of aliphatic hydroxyl groups excluding tert-OH is 2. The van der Waals surface area contributed by atoms with Gasteiger partial charge in [-0.15, -0.1) is 0 Å². The number of methoxy groups -OCH3 is 1. The standard InChI is InChI=1S/C50H61N7O16/c1-23-11-10-12-24(2)47(65)52-39-38-37(53-50(54-38)14-16-55(17-15-50)33(59)22-69-30-19-56-20-32(57(66)67)51-48(56)70-21-30)34-35(43(39)63)42(62)28(6)45-36(34)46(64)49(8,73-45)71-18-13-31(68-9)25(3)44(72-29(7)58)27(5)41(61)26(4)40(23)60/h10-13,18,20,23,25-27,30-31,40-41,44,60-63H,14-17,19,21-22H2,1-9H3,(H,52,65)/b11-10+,18-13+,24-12-/t23-,25+,26+,27+,30?,31-,40-,41+,44+,49-/m0/s1. The van der Waals surface area contributed by atoms with Crippen LogP contribution in [-0.4, -0.2) is 139 Å². The minimum absolute atomic E-state index is 0.00916. The molecule has 23 heteroatoms. The Balaban J connectivity index is 1.16. The zero-order valence-corrected chi connectivity index (χ0v) is 42.0. The molecular weight excluding hydrogens is 955 g/mol. The van der Waals surface area contributed by atoms with Crippen molar-refractivity contribution in [1.82, 2.24) is 14.5 Å². The summed E-state index contributed by atoms with van der Waals surface area (Å²) in [6.07, 6.45) is 4.44. The van der Waals surface area contributed by atoms with Gasteiger partial charge in [-0.25, -0.2) is 0 Å². The molecule has 4 bridgehead atoms. The van der Waals surface area contributed by atoms with Gasteiger partial charge in [0.2, 0.25) is 5.91 Å². The van der Waals surface area contributed by atoms with Crippen molar-refractivity contribution < 1.29 is 72.9 Å². The Bertz CT molecular complexity index is 2980. The molecule has 8 rings (SSSR count). The van der Waals surface area contributed by atoms with E-state index in [2.05, 4.69) is 10.3 Å². The van der Waals surface area contributed by atoms with Gasteiger partial charge in [-0.2, -0.15) is 0 Å². The van der Waals surface area contributed by atoms with Crippen molar-refractivity contribution in [1.29, 1.82) is 0 Å². The Labute approximate surface area is 418 Å². The number of ketones is 1. The molecule has 1 saturated heterocycles. The Hall–Kier alpha value is -6.95. The lowest BCUT2D eigenvalue weighted by molar-refractivity contribution is -0.389. The molecule has 1 unspecified atom stereocenters. The first-order chi connectivity index (χ1) is 34.5. The number of fused-ring (bicyclic) bond motifs is 2. The highest BCUT2D eigenvalue weighted by Crippen LogP contribution is 2.50. The SMILES string of the molecule is CO[C@H]1/C=C/O[C@@]2(C)Oc3c(C)c(O)c4c(O)c(c5c(c4c3C2=O)=NC2(CCN(C(=O)COC3COc4nc([N+](=O)[O-])cn4C3)CC2)N=5)NC(=O)/C(C)=C\C=C\[C@H](C)[C@H](O)[C@@H](C)[C@@H](O)[C@@H](C)[C@H](OC(C)=O)[C@@H]1C. The smallest absolute Gasteiger partial charge is 0.414 e. The number of phenols is 2. The average molecular weight is 1020 g/mol. The van der Waals surface area contributed by atoms with E-state index < -0.39 is 99.7 Å². The van der Waals surface area contributed by atoms with Crippen LogP contribution in [0.2, 0.25) is 0 Å². The van der Waals surface area contributed by atoms with Crippen LogP contribution in [0.1, 0.15) is 77.2 Å². The molecule has 1 spiro atoms. The maximum Gasteiger partial charge on any atom is 0.414 e. The van der Waals surface area contributed by atoms with Crippen LogP contribution >= 0.6 is 0 Å². The molecule has 0 aliphatic carbocycles. The highest BCUT2D eigenvalue weighted by Gasteiger charge is 2.50. The molecule has 5 aliphatic heterocycles. The maximum absolute atomic E-state index is 14.9. The third kappa shape index (κ3) is 9.73. The molecule has 23 nitrogen and oxygen atoms in total. The van der Waals surface area contributed by atoms with Gasteiger partial charge < -0.3 is 69.2 Å². The second kappa shape index (κ2) is 20.2. The van der Waals surface area contributed by atoms with Gasteiger partial charge in [-0.1, -0.05) is 45.9 Å². The van der Waals surface area contributed by atoms with Crippen LogP contribution < -0.4 is 25.5 Å². The van der Waals surface area contributed by atoms with E-state index >= 15 is 0 Å². The molecule has 1 aromatic heterocycles. The molecule has 392 valence electrons. The second-order valence-corrected chi connectivity index (χ2v) is 19.7. The average Bonchev–Trinajstić information content (AvgIpc) is 4.04. The number of likely N-dealkylation sites (tertiary alicyclic amines) is 1. The minimum Gasteiger partial charge on any atom is -0.507 e. The summed E-state index contributed by atoms with van der Waals surface area (Å²) < 4.78 is 36.8. The molecule has 6 heterocycles.